The molecule has 1 aromatic carbocycles. The van der Waals surface area contributed by atoms with Crippen molar-refractivity contribution >= 4 is 41.3 Å². The van der Waals surface area contributed by atoms with Crippen molar-refractivity contribution < 1.29 is 8.78 Å². The van der Waals surface area contributed by atoms with Gasteiger partial charge in [0, 0.05) is 24.2 Å². The average Bonchev–Trinajstić information content (AvgIpc) is 2.94. The minimum atomic E-state index is -0.817. The molecule has 0 saturated carbocycles. The van der Waals surface area contributed by atoms with Gasteiger partial charge < -0.3 is 10.6 Å². The van der Waals surface area contributed by atoms with Crippen LogP contribution >= 0.6 is 35.3 Å². The van der Waals surface area contributed by atoms with Crippen molar-refractivity contribution in [3.05, 3.63) is 51.5 Å². The van der Waals surface area contributed by atoms with Gasteiger partial charge in [0.25, 0.3) is 0 Å². The predicted octanol–water partition coefficient (Wildman–Crippen LogP) is 3.65. The summed E-state index contributed by atoms with van der Waals surface area (Å²) in [6, 6.07) is 4.22. The average molecular weight is 466 g/mol. The van der Waals surface area contributed by atoms with E-state index in [0.29, 0.717) is 31.0 Å². The van der Waals surface area contributed by atoms with Crippen LogP contribution in [-0.4, -0.2) is 24.0 Å². The summed E-state index contributed by atoms with van der Waals surface area (Å²) in [4.78, 5) is 9.85. The molecule has 4 nitrogen and oxygen atoms in total. The molecule has 0 amide bonds. The third kappa shape index (κ3) is 6.31. The Morgan fingerprint density at radius 1 is 1.29 bits per heavy atom. The SMILES string of the molecule is CCNC(=NCc1ncc(C)s1)NCCc1cccc(F)c1F.I. The summed E-state index contributed by atoms with van der Waals surface area (Å²) in [6.07, 6.45) is 2.20. The number of aryl methyl sites for hydroxylation is 1. The van der Waals surface area contributed by atoms with Crippen molar-refractivity contribution in [3.63, 3.8) is 0 Å². The van der Waals surface area contributed by atoms with Crippen LogP contribution in [0.25, 0.3) is 0 Å². The molecule has 0 fully saturated rings. The number of hydrogen-bond acceptors (Lipinski definition) is 3. The molecule has 8 heteroatoms. The largest absolute Gasteiger partial charge is 0.357 e. The maximum absolute atomic E-state index is 13.6. The van der Waals surface area contributed by atoms with E-state index in [9.17, 15) is 8.78 Å². The standard InChI is InChI=1S/C16H20F2N4S.HI/c1-3-19-16(22-10-14-21-9-11(2)23-14)20-8-7-12-5-4-6-13(17)15(12)18;/h4-6,9H,3,7-8,10H2,1-2H3,(H2,19,20,22);1H. The highest BCUT2D eigenvalue weighted by Gasteiger charge is 2.07. The summed E-state index contributed by atoms with van der Waals surface area (Å²) in [5.41, 5.74) is 0.351. The molecular weight excluding hydrogens is 445 g/mol. The minimum Gasteiger partial charge on any atom is -0.357 e. The lowest BCUT2D eigenvalue weighted by atomic mass is 10.1. The maximum atomic E-state index is 13.6. The number of benzene rings is 1. The van der Waals surface area contributed by atoms with Crippen molar-refractivity contribution in [2.45, 2.75) is 26.8 Å². The van der Waals surface area contributed by atoms with Gasteiger partial charge in [-0.25, -0.2) is 18.8 Å². The molecule has 0 bridgehead atoms. The first-order chi connectivity index (χ1) is 11.1. The van der Waals surface area contributed by atoms with E-state index in [1.165, 1.54) is 6.07 Å². The second kappa shape index (κ2) is 10.5. The molecule has 2 aromatic rings. The first-order valence-corrected chi connectivity index (χ1v) is 8.28. The number of halogens is 3. The molecule has 0 aliphatic heterocycles. The summed E-state index contributed by atoms with van der Waals surface area (Å²) in [6.45, 7) is 5.64. The molecule has 0 aliphatic rings. The third-order valence-electron chi connectivity index (χ3n) is 3.10. The number of thiazole rings is 1. The van der Waals surface area contributed by atoms with E-state index in [-0.39, 0.29) is 24.0 Å². The number of aromatic nitrogens is 1. The Morgan fingerprint density at radius 2 is 2.08 bits per heavy atom. The van der Waals surface area contributed by atoms with E-state index in [1.54, 1.807) is 17.4 Å². The molecule has 0 saturated heterocycles. The fourth-order valence-electron chi connectivity index (χ4n) is 2.02. The molecular formula is C16H21F2IN4S. The van der Waals surface area contributed by atoms with E-state index in [0.717, 1.165) is 22.5 Å². The molecule has 1 aromatic heterocycles. The Labute approximate surface area is 161 Å². The second-order valence-electron chi connectivity index (χ2n) is 4.95. The van der Waals surface area contributed by atoms with E-state index in [1.807, 2.05) is 20.0 Å². The summed E-state index contributed by atoms with van der Waals surface area (Å²) in [5, 5.41) is 7.18. The Hall–Kier alpha value is -1.29. The fourth-order valence-corrected chi connectivity index (χ4v) is 2.73. The molecule has 0 atom stereocenters. The van der Waals surface area contributed by atoms with Crippen LogP contribution in [0.3, 0.4) is 0 Å². The van der Waals surface area contributed by atoms with Crippen LogP contribution in [-0.2, 0) is 13.0 Å². The van der Waals surface area contributed by atoms with Gasteiger partial charge in [0.1, 0.15) is 5.01 Å². The highest BCUT2D eigenvalue weighted by atomic mass is 127. The van der Waals surface area contributed by atoms with Crippen LogP contribution in [0.2, 0.25) is 0 Å². The number of hydrogen-bond donors (Lipinski definition) is 2. The summed E-state index contributed by atoms with van der Waals surface area (Å²) in [5.74, 6) is -0.964. The van der Waals surface area contributed by atoms with E-state index < -0.39 is 11.6 Å². The molecule has 0 spiro atoms. The van der Waals surface area contributed by atoms with Gasteiger partial charge in [-0.15, -0.1) is 35.3 Å². The van der Waals surface area contributed by atoms with Crippen LogP contribution in [0.4, 0.5) is 8.78 Å². The minimum absolute atomic E-state index is 0. The van der Waals surface area contributed by atoms with Crippen LogP contribution < -0.4 is 10.6 Å². The lowest BCUT2D eigenvalue weighted by Gasteiger charge is -2.11. The summed E-state index contributed by atoms with van der Waals surface area (Å²) < 4.78 is 26.7. The summed E-state index contributed by atoms with van der Waals surface area (Å²) >= 11 is 1.61. The second-order valence-corrected chi connectivity index (χ2v) is 6.27. The monoisotopic (exact) mass is 466 g/mol. The highest BCUT2D eigenvalue weighted by molar-refractivity contribution is 14.0. The normalized spacial score (nSPS) is 11.1. The quantitative estimate of drug-likeness (QED) is 0.389. The topological polar surface area (TPSA) is 49.3 Å². The Balaban J connectivity index is 0.00000288. The lowest BCUT2D eigenvalue weighted by Crippen LogP contribution is -2.38. The number of guanidine groups is 1. The van der Waals surface area contributed by atoms with Crippen LogP contribution in [0.15, 0.2) is 29.4 Å². The van der Waals surface area contributed by atoms with Crippen molar-refractivity contribution in [3.8, 4) is 0 Å². The first-order valence-electron chi connectivity index (χ1n) is 7.46. The van der Waals surface area contributed by atoms with Crippen molar-refractivity contribution in [1.82, 2.24) is 15.6 Å². The number of nitrogens with zero attached hydrogens (tertiary/aromatic N) is 2. The molecule has 1 heterocycles. The molecule has 2 N–H and O–H groups in total. The van der Waals surface area contributed by atoms with Gasteiger partial charge in [-0.05, 0) is 31.9 Å². The molecule has 0 radical (unpaired) electrons. The van der Waals surface area contributed by atoms with Gasteiger partial charge in [-0.1, -0.05) is 12.1 Å². The number of aliphatic imine (C=N–C) groups is 1. The van der Waals surface area contributed by atoms with E-state index >= 15 is 0 Å². The molecule has 2 rings (SSSR count). The van der Waals surface area contributed by atoms with Gasteiger partial charge in [-0.3, -0.25) is 0 Å². The van der Waals surface area contributed by atoms with Crippen LogP contribution in [0.1, 0.15) is 22.4 Å². The zero-order valence-electron chi connectivity index (χ0n) is 13.6. The lowest BCUT2D eigenvalue weighted by molar-refractivity contribution is 0.498. The van der Waals surface area contributed by atoms with E-state index in [4.69, 9.17) is 0 Å². The molecule has 0 aliphatic carbocycles. The van der Waals surface area contributed by atoms with Gasteiger partial charge >= 0.3 is 0 Å². The smallest absolute Gasteiger partial charge is 0.191 e. The van der Waals surface area contributed by atoms with Gasteiger partial charge in [0.05, 0.1) is 6.54 Å². The Morgan fingerprint density at radius 3 is 2.75 bits per heavy atom. The van der Waals surface area contributed by atoms with Gasteiger partial charge in [0.2, 0.25) is 0 Å². The number of nitrogens with one attached hydrogen (secondary N) is 2. The molecule has 24 heavy (non-hydrogen) atoms. The Bertz CT molecular complexity index is 676. The fraction of sp³-hybridized carbons (Fsp3) is 0.375. The first kappa shape index (κ1) is 20.8. The van der Waals surface area contributed by atoms with Gasteiger partial charge in [0.15, 0.2) is 17.6 Å². The van der Waals surface area contributed by atoms with Crippen LogP contribution in [0.5, 0.6) is 0 Å². The predicted molar refractivity (Wildman–Crippen MR) is 105 cm³/mol. The van der Waals surface area contributed by atoms with Crippen LogP contribution in [0, 0.1) is 18.6 Å². The van der Waals surface area contributed by atoms with Crippen molar-refractivity contribution in [2.75, 3.05) is 13.1 Å². The summed E-state index contributed by atoms with van der Waals surface area (Å²) in [7, 11) is 0. The molecule has 0 unspecified atom stereocenters. The van der Waals surface area contributed by atoms with Gasteiger partial charge in [-0.2, -0.15) is 0 Å². The van der Waals surface area contributed by atoms with E-state index in [2.05, 4.69) is 20.6 Å². The maximum Gasteiger partial charge on any atom is 0.191 e. The third-order valence-corrected chi connectivity index (χ3v) is 4.00. The highest BCUT2D eigenvalue weighted by Crippen LogP contribution is 2.12. The van der Waals surface area contributed by atoms with Crippen molar-refractivity contribution in [2.24, 2.45) is 4.99 Å². The molecule has 132 valence electrons. The Kier molecular flexibility index (Phi) is 9.12. The zero-order valence-corrected chi connectivity index (χ0v) is 16.8. The zero-order chi connectivity index (χ0) is 16.7. The van der Waals surface area contributed by atoms with Crippen molar-refractivity contribution in [1.29, 1.82) is 0 Å². The number of rotatable bonds is 6.